The van der Waals surface area contributed by atoms with Gasteiger partial charge in [-0.3, -0.25) is 4.98 Å². The third-order valence-corrected chi connectivity index (χ3v) is 5.33. The van der Waals surface area contributed by atoms with E-state index in [0.29, 0.717) is 0 Å². The van der Waals surface area contributed by atoms with Gasteiger partial charge in [0.05, 0.1) is 0 Å². The first-order valence-corrected chi connectivity index (χ1v) is 9.53. The Morgan fingerprint density at radius 2 is 1.81 bits per heavy atom. The van der Waals surface area contributed by atoms with Gasteiger partial charge in [-0.1, -0.05) is 57.2 Å². The normalized spacial score (nSPS) is 12.9. The summed E-state index contributed by atoms with van der Waals surface area (Å²) in [5.41, 5.74) is 4.95. The molecule has 1 aliphatic rings. The van der Waals surface area contributed by atoms with Crippen molar-refractivity contribution in [3.8, 4) is 22.8 Å². The number of ether oxygens (including phenoxy) is 1. The van der Waals surface area contributed by atoms with Gasteiger partial charge >= 0.3 is 0 Å². The minimum Gasteiger partial charge on any atom is -0.454 e. The average molecular weight is 353 g/mol. The Morgan fingerprint density at radius 1 is 0.963 bits per heavy atom. The molecule has 0 aliphatic carbocycles. The van der Waals surface area contributed by atoms with Crippen molar-refractivity contribution in [2.45, 2.75) is 34.1 Å². The molecule has 1 aromatic heterocycles. The van der Waals surface area contributed by atoms with E-state index in [-0.39, 0.29) is 5.41 Å². The second kappa shape index (κ2) is 5.56. The van der Waals surface area contributed by atoms with Crippen LogP contribution in [0, 0.1) is 12.3 Å². The van der Waals surface area contributed by atoms with E-state index >= 15 is 0 Å². The van der Waals surface area contributed by atoms with Gasteiger partial charge in [0.1, 0.15) is 11.4 Å². The molecule has 4 aromatic rings. The predicted molar refractivity (Wildman–Crippen MR) is 113 cm³/mol. The Bertz CT molecular complexity index is 1210. The number of aromatic nitrogens is 1. The van der Waals surface area contributed by atoms with Crippen LogP contribution < -0.4 is 4.74 Å². The Hall–Kier alpha value is -2.87. The number of pyridine rings is 1. The molecule has 0 fully saturated rings. The van der Waals surface area contributed by atoms with Crippen LogP contribution in [0.25, 0.3) is 32.8 Å². The number of hydrogen-bond donors (Lipinski definition) is 0. The Labute approximate surface area is 159 Å². The van der Waals surface area contributed by atoms with Crippen molar-refractivity contribution in [3.63, 3.8) is 0 Å². The van der Waals surface area contributed by atoms with Gasteiger partial charge in [0, 0.05) is 27.9 Å². The topological polar surface area (TPSA) is 22.1 Å². The predicted octanol–water partition coefficient (Wildman–Crippen LogP) is 7.06. The number of rotatable bonds is 1. The first kappa shape index (κ1) is 16.3. The summed E-state index contributed by atoms with van der Waals surface area (Å²) in [7, 11) is 0. The number of hydrogen-bond acceptors (Lipinski definition) is 2. The Kier molecular flexibility index (Phi) is 3.36. The van der Waals surface area contributed by atoms with Gasteiger partial charge in [-0.2, -0.15) is 0 Å². The van der Waals surface area contributed by atoms with Crippen molar-refractivity contribution in [2.24, 2.45) is 5.41 Å². The monoisotopic (exact) mass is 353 g/mol. The highest BCUT2D eigenvalue weighted by molar-refractivity contribution is 6.07. The molecule has 0 radical (unpaired) electrons. The van der Waals surface area contributed by atoms with E-state index < -0.39 is 0 Å². The lowest BCUT2D eigenvalue weighted by atomic mass is 9.87. The van der Waals surface area contributed by atoms with Gasteiger partial charge in [-0.15, -0.1) is 0 Å². The van der Waals surface area contributed by atoms with E-state index in [9.17, 15) is 0 Å². The van der Waals surface area contributed by atoms with Crippen LogP contribution in [0.3, 0.4) is 0 Å². The van der Waals surface area contributed by atoms with Crippen LogP contribution >= 0.6 is 0 Å². The molecule has 0 saturated carbocycles. The van der Waals surface area contributed by atoms with Crippen LogP contribution in [0.1, 0.15) is 31.9 Å². The molecular weight excluding hydrogens is 330 g/mol. The summed E-state index contributed by atoms with van der Waals surface area (Å²) in [5.74, 6) is 1.81. The highest BCUT2D eigenvalue weighted by Crippen LogP contribution is 2.48. The van der Waals surface area contributed by atoms with Crippen molar-refractivity contribution < 1.29 is 4.74 Å². The second-order valence-electron chi connectivity index (χ2n) is 8.81. The molecule has 0 atom stereocenters. The first-order valence-electron chi connectivity index (χ1n) is 9.53. The lowest BCUT2D eigenvalue weighted by Gasteiger charge is -2.23. The maximum absolute atomic E-state index is 6.44. The van der Waals surface area contributed by atoms with Crippen LogP contribution in [0.15, 0.2) is 54.7 Å². The quantitative estimate of drug-likeness (QED) is 0.322. The van der Waals surface area contributed by atoms with Gasteiger partial charge in [0.15, 0.2) is 5.75 Å². The molecule has 0 saturated heterocycles. The summed E-state index contributed by atoms with van der Waals surface area (Å²) in [5, 5.41) is 4.67. The smallest absolute Gasteiger partial charge is 0.161 e. The number of aryl methyl sites for hydroxylation is 1. The summed E-state index contributed by atoms with van der Waals surface area (Å²) in [6, 6.07) is 17.3. The van der Waals surface area contributed by atoms with Crippen molar-refractivity contribution in [3.05, 3.63) is 65.9 Å². The standard InChI is InChI=1S/C25H23NO/c1-15-8-11-19-22-18(15)6-5-7-21(22)27-24-20-12-16(13-25(2,3)4)9-10-17(20)14-26-23(19)24/h5-12,14H,13H2,1-4H3. The van der Waals surface area contributed by atoms with E-state index in [0.717, 1.165) is 39.9 Å². The summed E-state index contributed by atoms with van der Waals surface area (Å²) in [6.45, 7) is 8.96. The van der Waals surface area contributed by atoms with Crippen molar-refractivity contribution in [1.29, 1.82) is 0 Å². The molecule has 0 N–H and O–H groups in total. The molecular formula is C25H23NO. The van der Waals surface area contributed by atoms with Crippen molar-refractivity contribution in [2.75, 3.05) is 0 Å². The minimum atomic E-state index is 0.247. The number of benzene rings is 3. The first-order chi connectivity index (χ1) is 12.9. The third-order valence-electron chi connectivity index (χ3n) is 5.33. The minimum absolute atomic E-state index is 0.247. The SMILES string of the molecule is Cc1ccc2c3c(cccc13)Oc1c-2ncc2ccc(CC(C)(C)C)cc12. The molecule has 3 aromatic carbocycles. The largest absolute Gasteiger partial charge is 0.454 e. The van der Waals surface area contributed by atoms with E-state index in [1.807, 2.05) is 6.20 Å². The van der Waals surface area contributed by atoms with Crippen molar-refractivity contribution >= 4 is 21.5 Å². The fourth-order valence-electron chi connectivity index (χ4n) is 4.16. The molecule has 2 nitrogen and oxygen atoms in total. The number of nitrogens with zero attached hydrogens (tertiary/aromatic N) is 1. The molecule has 5 rings (SSSR count). The third kappa shape index (κ3) is 2.59. The van der Waals surface area contributed by atoms with E-state index in [2.05, 4.69) is 76.2 Å². The molecule has 134 valence electrons. The Balaban J connectivity index is 1.79. The van der Waals surface area contributed by atoms with E-state index in [4.69, 9.17) is 9.72 Å². The average Bonchev–Trinajstić information content (AvgIpc) is 2.62. The molecule has 2 heteroatoms. The maximum Gasteiger partial charge on any atom is 0.161 e. The molecule has 2 heterocycles. The maximum atomic E-state index is 6.44. The lowest BCUT2D eigenvalue weighted by Crippen LogP contribution is -2.09. The van der Waals surface area contributed by atoms with Gasteiger partial charge in [-0.05, 0) is 47.4 Å². The Morgan fingerprint density at radius 3 is 2.63 bits per heavy atom. The van der Waals surface area contributed by atoms with Gasteiger partial charge < -0.3 is 4.74 Å². The fraction of sp³-hybridized carbons (Fsp3) is 0.240. The van der Waals surface area contributed by atoms with Gasteiger partial charge in [0.25, 0.3) is 0 Å². The highest BCUT2D eigenvalue weighted by Gasteiger charge is 2.24. The number of fused-ring (bicyclic) bond motifs is 4. The van der Waals surface area contributed by atoms with Crippen LogP contribution in [0.2, 0.25) is 0 Å². The summed E-state index contributed by atoms with van der Waals surface area (Å²) in [4.78, 5) is 4.78. The van der Waals surface area contributed by atoms with Crippen molar-refractivity contribution in [1.82, 2.24) is 4.98 Å². The fourth-order valence-corrected chi connectivity index (χ4v) is 4.16. The van der Waals surface area contributed by atoms with Crippen LogP contribution in [-0.4, -0.2) is 4.98 Å². The van der Waals surface area contributed by atoms with Crippen LogP contribution in [0.5, 0.6) is 11.5 Å². The van der Waals surface area contributed by atoms with Gasteiger partial charge in [-0.25, -0.2) is 0 Å². The summed E-state index contributed by atoms with van der Waals surface area (Å²) < 4.78 is 6.44. The van der Waals surface area contributed by atoms with Crippen LogP contribution in [0.4, 0.5) is 0 Å². The summed E-state index contributed by atoms with van der Waals surface area (Å²) in [6.07, 6.45) is 3.00. The molecule has 0 bridgehead atoms. The zero-order chi connectivity index (χ0) is 18.8. The molecule has 0 spiro atoms. The van der Waals surface area contributed by atoms with E-state index in [1.165, 1.54) is 21.9 Å². The zero-order valence-electron chi connectivity index (χ0n) is 16.3. The second-order valence-corrected chi connectivity index (χ2v) is 8.81. The highest BCUT2D eigenvalue weighted by atomic mass is 16.5. The van der Waals surface area contributed by atoms with E-state index in [1.54, 1.807) is 0 Å². The molecule has 27 heavy (non-hydrogen) atoms. The molecule has 1 aliphatic heterocycles. The van der Waals surface area contributed by atoms with Gasteiger partial charge in [0.2, 0.25) is 0 Å². The summed E-state index contributed by atoms with van der Waals surface area (Å²) >= 11 is 0. The zero-order valence-corrected chi connectivity index (χ0v) is 16.3. The molecule has 0 unspecified atom stereocenters. The lowest BCUT2D eigenvalue weighted by molar-refractivity contribution is 0.411. The molecule has 0 amide bonds. The van der Waals surface area contributed by atoms with Crippen LogP contribution in [-0.2, 0) is 6.42 Å².